The van der Waals surface area contributed by atoms with Crippen molar-refractivity contribution in [2.24, 2.45) is 50.7 Å². The summed E-state index contributed by atoms with van der Waals surface area (Å²) in [4.78, 5) is 0. The highest BCUT2D eigenvalue weighted by Gasteiger charge is 2.85. The van der Waals surface area contributed by atoms with Gasteiger partial charge in [-0.15, -0.1) is 0 Å². The normalized spacial score (nSPS) is 54.2. The van der Waals surface area contributed by atoms with Crippen LogP contribution in [-0.4, -0.2) is 213 Å². The maximum atomic E-state index is 12.3. The molecule has 1 unspecified atom stereocenters. The van der Waals surface area contributed by atoms with E-state index in [1.54, 1.807) is 13.8 Å². The summed E-state index contributed by atoms with van der Waals surface area (Å²) in [6.07, 6.45) is -19.8. The smallest absolute Gasteiger partial charge is 0.187 e. The van der Waals surface area contributed by atoms with Gasteiger partial charge in [-0.2, -0.15) is 0 Å². The van der Waals surface area contributed by atoms with Crippen molar-refractivity contribution >= 4 is 0 Å². The Morgan fingerprint density at radius 1 is 0.603 bits per heavy atom. The van der Waals surface area contributed by atoms with Crippen LogP contribution in [0.3, 0.4) is 0 Å². The van der Waals surface area contributed by atoms with Crippen molar-refractivity contribution in [1.29, 1.82) is 0 Å². The summed E-state index contributed by atoms with van der Waals surface area (Å²) in [5.41, 5.74) is -3.56. The Bertz CT molecular complexity index is 1750. The van der Waals surface area contributed by atoms with Crippen LogP contribution < -0.4 is 0 Å². The third-order valence-corrected chi connectivity index (χ3v) is 19.8. The Balaban J connectivity index is 1.07. The van der Waals surface area contributed by atoms with Crippen molar-refractivity contribution in [3.63, 3.8) is 0 Å². The van der Waals surface area contributed by atoms with Crippen LogP contribution >= 0.6 is 0 Å². The van der Waals surface area contributed by atoms with E-state index in [2.05, 4.69) is 34.6 Å². The second-order valence-electron chi connectivity index (χ2n) is 24.0. The lowest BCUT2D eigenvalue weighted by Crippen LogP contribution is -2.65. The second-order valence-corrected chi connectivity index (χ2v) is 24.0. The van der Waals surface area contributed by atoms with Gasteiger partial charge >= 0.3 is 0 Å². The first-order valence-corrected chi connectivity index (χ1v) is 25.0. The summed E-state index contributed by atoms with van der Waals surface area (Å²) in [6.45, 7) is 12.0. The van der Waals surface area contributed by atoms with E-state index in [-0.39, 0.29) is 40.9 Å². The van der Waals surface area contributed by atoms with E-state index in [9.17, 15) is 71.5 Å². The standard InChI is InChI=1S/C48H82O20/c1-20(8-9-28(44(4,5)62)68-42-38(61)35(58)32(55)25(18-51)66-42)29-21(52)15-46(7)26-14-22(63-40-36(59)33(56)30(53)23(16-49)64-40)39-43(2,3)27(67-41-37(60)34(57)31(54)24(17-50)65-41)10-11-48(39)19-47(26,48)13-12-45(29,46)6/h20-42,49-62H,8-19H2,1-7H3/t20-,21+,22+,23-,24-,25-,26+,27+,28+,29+,30-,31-,32-,33+,34+,35+,36-,37-,38-,39?,40-,41+,42+,45-,46+,47+,48-/m1/s1. The van der Waals surface area contributed by atoms with Crippen LogP contribution in [0.25, 0.3) is 0 Å². The van der Waals surface area contributed by atoms with Crippen LogP contribution in [0, 0.1) is 50.7 Å². The molecule has 27 atom stereocenters. The number of aliphatic hydroxyl groups excluding tert-OH is 13. The molecule has 5 aliphatic carbocycles. The van der Waals surface area contributed by atoms with Gasteiger partial charge in [0, 0.05) is 0 Å². The van der Waals surface area contributed by atoms with E-state index in [0.717, 1.165) is 19.3 Å². The maximum Gasteiger partial charge on any atom is 0.187 e. The third-order valence-electron chi connectivity index (χ3n) is 19.8. The Labute approximate surface area is 398 Å². The van der Waals surface area contributed by atoms with Gasteiger partial charge in [0.1, 0.15) is 73.2 Å². The minimum atomic E-state index is -1.67. The van der Waals surface area contributed by atoms with Gasteiger partial charge < -0.3 is 99.9 Å². The first kappa shape index (κ1) is 53.5. The average molecular weight is 979 g/mol. The molecule has 0 aromatic carbocycles. The van der Waals surface area contributed by atoms with Gasteiger partial charge in [0.2, 0.25) is 0 Å². The third kappa shape index (κ3) is 8.28. The molecule has 0 aromatic heterocycles. The van der Waals surface area contributed by atoms with Gasteiger partial charge in [-0.3, -0.25) is 0 Å². The minimum Gasteiger partial charge on any atom is -0.394 e. The molecular formula is C48H82O20. The van der Waals surface area contributed by atoms with Gasteiger partial charge in [0.15, 0.2) is 18.9 Å². The number of hydrogen-bond acceptors (Lipinski definition) is 20. The zero-order valence-electron chi connectivity index (χ0n) is 40.5. The van der Waals surface area contributed by atoms with E-state index in [1.807, 2.05) is 0 Å². The minimum absolute atomic E-state index is 0.0101. The fourth-order valence-corrected chi connectivity index (χ4v) is 16.1. The van der Waals surface area contributed by atoms with Gasteiger partial charge in [0.25, 0.3) is 0 Å². The molecule has 20 nitrogen and oxygen atoms in total. The molecule has 5 saturated carbocycles. The monoisotopic (exact) mass is 979 g/mol. The molecule has 0 bridgehead atoms. The summed E-state index contributed by atoms with van der Waals surface area (Å²) in [6, 6.07) is 0. The molecule has 3 aliphatic heterocycles. The van der Waals surface area contributed by atoms with Gasteiger partial charge in [0.05, 0.1) is 49.8 Å². The molecular weight excluding hydrogens is 897 g/mol. The predicted octanol–water partition coefficient (Wildman–Crippen LogP) is -2.25. The number of ether oxygens (including phenoxy) is 6. The van der Waals surface area contributed by atoms with E-state index in [4.69, 9.17) is 28.4 Å². The topological polar surface area (TPSA) is 339 Å². The molecule has 0 radical (unpaired) electrons. The van der Waals surface area contributed by atoms with Crippen molar-refractivity contribution < 1.29 is 99.9 Å². The van der Waals surface area contributed by atoms with Crippen molar-refractivity contribution in [1.82, 2.24) is 0 Å². The van der Waals surface area contributed by atoms with Crippen molar-refractivity contribution in [3.8, 4) is 0 Å². The highest BCUT2D eigenvalue weighted by molar-refractivity contribution is 5.33. The molecule has 14 N–H and O–H groups in total. The molecule has 3 saturated heterocycles. The molecule has 394 valence electrons. The molecule has 8 aliphatic rings. The zero-order chi connectivity index (χ0) is 50.0. The number of aliphatic hydroxyl groups is 14. The Morgan fingerprint density at radius 3 is 1.62 bits per heavy atom. The Kier molecular flexibility index (Phi) is 14.8. The molecule has 3 heterocycles. The molecule has 8 fully saturated rings. The molecule has 68 heavy (non-hydrogen) atoms. The van der Waals surface area contributed by atoms with Crippen LogP contribution in [0.1, 0.15) is 106 Å². The fraction of sp³-hybridized carbons (Fsp3) is 1.00. The lowest BCUT2D eigenvalue weighted by atomic mass is 9.41. The predicted molar refractivity (Wildman–Crippen MR) is 234 cm³/mol. The van der Waals surface area contributed by atoms with Crippen LogP contribution in [-0.2, 0) is 28.4 Å². The lowest BCUT2D eigenvalue weighted by molar-refractivity contribution is -0.345. The second kappa shape index (κ2) is 18.8. The summed E-state index contributed by atoms with van der Waals surface area (Å²) >= 11 is 0. The molecule has 2 spiro atoms. The van der Waals surface area contributed by atoms with Crippen LogP contribution in [0.4, 0.5) is 0 Å². The SMILES string of the molecule is C[C@H](CC[C@H](O[C@@H]1O[C@H](CO)[C@@H](O)[C@H](O)[C@H]1O)C(C)(C)O)[C@H]1[C@@H](O)C[C@@]2(C)[C@@H]3C[C@H](O[C@@H]4O[C@H](CO)[C@@H](O)[C@H](O)[C@H]4O)C4C(C)(C)[C@@H](O[C@@H]5O[C@H](CO)[C@@H](O)[C@H](O)[C@H]5O)CC[C@@]45C[C@@]35CC[C@]12C. The highest BCUT2D eigenvalue weighted by Crippen LogP contribution is 2.89. The zero-order valence-corrected chi connectivity index (χ0v) is 40.5. The summed E-state index contributed by atoms with van der Waals surface area (Å²) in [7, 11) is 0. The number of rotatable bonds is 14. The van der Waals surface area contributed by atoms with Gasteiger partial charge in [-0.1, -0.05) is 34.6 Å². The van der Waals surface area contributed by atoms with E-state index >= 15 is 0 Å². The van der Waals surface area contributed by atoms with Crippen LogP contribution in [0.15, 0.2) is 0 Å². The van der Waals surface area contributed by atoms with Crippen LogP contribution in [0.5, 0.6) is 0 Å². The van der Waals surface area contributed by atoms with Crippen molar-refractivity contribution in [3.05, 3.63) is 0 Å². The Morgan fingerprint density at radius 2 is 1.10 bits per heavy atom. The average Bonchev–Trinajstić information content (AvgIpc) is 3.88. The summed E-state index contributed by atoms with van der Waals surface area (Å²) < 4.78 is 37.1. The molecule has 0 aromatic rings. The number of fused-ring (bicyclic) bond motifs is 2. The van der Waals surface area contributed by atoms with Gasteiger partial charge in [-0.25, -0.2) is 0 Å². The van der Waals surface area contributed by atoms with Crippen LogP contribution in [0.2, 0.25) is 0 Å². The molecule has 0 amide bonds. The largest absolute Gasteiger partial charge is 0.394 e. The summed E-state index contributed by atoms with van der Waals surface area (Å²) in [5, 5.41) is 150. The number of hydrogen-bond donors (Lipinski definition) is 14. The van der Waals surface area contributed by atoms with Crippen molar-refractivity contribution in [2.45, 2.75) is 228 Å². The van der Waals surface area contributed by atoms with Gasteiger partial charge in [-0.05, 0) is 122 Å². The highest BCUT2D eigenvalue weighted by atomic mass is 16.7. The van der Waals surface area contributed by atoms with E-state index in [1.165, 1.54) is 0 Å². The maximum absolute atomic E-state index is 12.3. The Hall–Kier alpha value is -0.800. The fourth-order valence-electron chi connectivity index (χ4n) is 16.1. The van der Waals surface area contributed by atoms with Crippen molar-refractivity contribution in [2.75, 3.05) is 19.8 Å². The van der Waals surface area contributed by atoms with E-state index in [0.29, 0.717) is 32.1 Å². The first-order chi connectivity index (χ1) is 31.7. The van der Waals surface area contributed by atoms with E-state index < -0.39 is 158 Å². The first-order valence-electron chi connectivity index (χ1n) is 25.0. The molecule has 8 rings (SSSR count). The quantitative estimate of drug-likeness (QED) is 0.0818. The summed E-state index contributed by atoms with van der Waals surface area (Å²) in [5.74, 6) is -0.590. The lowest BCUT2D eigenvalue weighted by Gasteiger charge is -2.65. The molecule has 20 heteroatoms.